The van der Waals surface area contributed by atoms with Gasteiger partial charge < -0.3 is 0 Å². The van der Waals surface area contributed by atoms with Crippen molar-refractivity contribution in [2.45, 2.75) is 27.2 Å². The number of hydrogen-bond donors (Lipinski definition) is 0. The second-order valence-electron chi connectivity index (χ2n) is 5.06. The zero-order valence-electron chi connectivity index (χ0n) is 11.8. The topological polar surface area (TPSA) is 50.3 Å². The van der Waals surface area contributed by atoms with Crippen molar-refractivity contribution < 1.29 is 9.59 Å². The molecule has 108 valence electrons. The van der Waals surface area contributed by atoms with Crippen LogP contribution >= 0.6 is 27.7 Å². The summed E-state index contributed by atoms with van der Waals surface area (Å²) in [5, 5.41) is 0.102. The Morgan fingerprint density at radius 1 is 1.50 bits per heavy atom. The molecule has 1 aliphatic heterocycles. The molecule has 1 atom stereocenters. The maximum Gasteiger partial charge on any atom is 0.228 e. The highest BCUT2D eigenvalue weighted by Crippen LogP contribution is 2.31. The number of amides is 1. The van der Waals surface area contributed by atoms with Crippen LogP contribution < -0.4 is 4.90 Å². The normalized spacial score (nSPS) is 18.7. The number of carbonyl (C=O) groups excluding carboxylic acids is 2. The molecule has 0 N–H and O–H groups in total. The lowest BCUT2D eigenvalue weighted by molar-refractivity contribution is -0.117. The number of halogens is 1. The first-order valence-corrected chi connectivity index (χ1v) is 8.23. The van der Waals surface area contributed by atoms with Crippen molar-refractivity contribution >= 4 is 44.5 Å². The molecule has 4 nitrogen and oxygen atoms in total. The number of pyridine rings is 1. The van der Waals surface area contributed by atoms with E-state index in [4.69, 9.17) is 0 Å². The van der Waals surface area contributed by atoms with Crippen LogP contribution in [0, 0.1) is 19.8 Å². The summed E-state index contributed by atoms with van der Waals surface area (Å²) in [7, 11) is 0. The minimum atomic E-state index is 0.0940. The molecule has 1 aromatic heterocycles. The Morgan fingerprint density at radius 3 is 2.85 bits per heavy atom. The molecule has 1 aromatic rings. The van der Waals surface area contributed by atoms with Gasteiger partial charge in [-0.3, -0.25) is 14.5 Å². The number of carbonyl (C=O) groups is 2. The van der Waals surface area contributed by atoms with E-state index in [1.165, 1.54) is 11.8 Å². The highest BCUT2D eigenvalue weighted by molar-refractivity contribution is 9.10. The van der Waals surface area contributed by atoms with Crippen LogP contribution in [0.15, 0.2) is 10.7 Å². The van der Waals surface area contributed by atoms with Crippen molar-refractivity contribution in [2.75, 3.05) is 17.2 Å². The predicted octanol–water partition coefficient (Wildman–Crippen LogP) is 3.09. The number of thioether (sulfide) groups is 1. The first-order valence-electron chi connectivity index (χ1n) is 6.45. The van der Waals surface area contributed by atoms with Gasteiger partial charge in [0.05, 0.1) is 0 Å². The summed E-state index contributed by atoms with van der Waals surface area (Å²) in [5.41, 5.74) is 2.12. The Bertz CT molecular complexity index is 562. The molecule has 1 saturated heterocycles. The predicted molar refractivity (Wildman–Crippen MR) is 85.0 cm³/mol. The molecule has 20 heavy (non-hydrogen) atoms. The molecule has 6 heteroatoms. The third-order valence-electron chi connectivity index (χ3n) is 3.54. The van der Waals surface area contributed by atoms with Gasteiger partial charge in [-0.25, -0.2) is 4.98 Å². The Hall–Kier alpha value is -0.880. The van der Waals surface area contributed by atoms with Gasteiger partial charge in [0.25, 0.3) is 0 Å². The molecule has 1 amide bonds. The van der Waals surface area contributed by atoms with Gasteiger partial charge in [0.2, 0.25) is 5.91 Å². The number of aromatic nitrogens is 1. The van der Waals surface area contributed by atoms with E-state index in [0.717, 1.165) is 21.4 Å². The first-order chi connectivity index (χ1) is 9.40. The monoisotopic (exact) mass is 356 g/mol. The van der Waals surface area contributed by atoms with Crippen molar-refractivity contribution in [2.24, 2.45) is 5.92 Å². The molecule has 0 saturated carbocycles. The van der Waals surface area contributed by atoms with Crippen molar-refractivity contribution in [1.29, 1.82) is 0 Å². The second kappa shape index (κ2) is 6.26. The van der Waals surface area contributed by atoms with E-state index in [1.807, 2.05) is 13.8 Å². The third-order valence-corrected chi connectivity index (χ3v) is 5.38. The SMILES string of the molecule is CC(=O)SCC1CC(=O)N(c2ncc(Br)c(C)c2C)C1. The van der Waals surface area contributed by atoms with Gasteiger partial charge in [-0.1, -0.05) is 11.8 Å². The van der Waals surface area contributed by atoms with Crippen molar-refractivity contribution in [3.05, 3.63) is 21.8 Å². The Morgan fingerprint density at radius 2 is 2.20 bits per heavy atom. The number of rotatable bonds is 3. The maximum absolute atomic E-state index is 12.2. The van der Waals surface area contributed by atoms with Gasteiger partial charge in [-0.15, -0.1) is 0 Å². The molecule has 0 spiro atoms. The van der Waals surface area contributed by atoms with Crippen molar-refractivity contribution in [3.8, 4) is 0 Å². The van der Waals surface area contributed by atoms with E-state index >= 15 is 0 Å². The van der Waals surface area contributed by atoms with E-state index in [9.17, 15) is 9.59 Å². The Balaban J connectivity index is 2.16. The highest BCUT2D eigenvalue weighted by Gasteiger charge is 2.32. The zero-order chi connectivity index (χ0) is 14.9. The summed E-state index contributed by atoms with van der Waals surface area (Å²) >= 11 is 4.74. The molecular formula is C14H17BrN2O2S. The van der Waals surface area contributed by atoms with Crippen LogP contribution in [0.5, 0.6) is 0 Å². The summed E-state index contributed by atoms with van der Waals surface area (Å²) in [6, 6.07) is 0. The molecule has 2 heterocycles. The van der Waals surface area contributed by atoms with E-state index < -0.39 is 0 Å². The molecule has 2 rings (SSSR count). The fraction of sp³-hybridized carbons (Fsp3) is 0.500. The van der Waals surface area contributed by atoms with Crippen LogP contribution in [0.4, 0.5) is 5.82 Å². The fourth-order valence-corrected chi connectivity index (χ4v) is 3.36. The first kappa shape index (κ1) is 15.5. The molecule has 0 bridgehead atoms. The average Bonchev–Trinajstić information content (AvgIpc) is 2.75. The van der Waals surface area contributed by atoms with E-state index in [0.29, 0.717) is 18.7 Å². The second-order valence-corrected chi connectivity index (χ2v) is 7.11. The van der Waals surface area contributed by atoms with Gasteiger partial charge >= 0.3 is 0 Å². The van der Waals surface area contributed by atoms with Crippen LogP contribution in [-0.4, -0.2) is 28.3 Å². The van der Waals surface area contributed by atoms with Crippen molar-refractivity contribution in [3.63, 3.8) is 0 Å². The number of hydrogen-bond acceptors (Lipinski definition) is 4. The molecular weight excluding hydrogens is 340 g/mol. The summed E-state index contributed by atoms with van der Waals surface area (Å²) < 4.78 is 0.953. The number of nitrogens with zero attached hydrogens (tertiary/aromatic N) is 2. The minimum Gasteiger partial charge on any atom is -0.296 e. The lowest BCUT2D eigenvalue weighted by Crippen LogP contribution is -2.27. The lowest BCUT2D eigenvalue weighted by Gasteiger charge is -2.19. The molecule has 1 aliphatic rings. The van der Waals surface area contributed by atoms with Crippen LogP contribution in [0.25, 0.3) is 0 Å². The molecule has 0 radical (unpaired) electrons. The van der Waals surface area contributed by atoms with Crippen LogP contribution in [0.1, 0.15) is 24.5 Å². The standard InChI is InChI=1S/C14H17BrN2O2S/c1-8-9(2)14(16-5-12(8)15)17-6-11(4-13(17)19)7-20-10(3)18/h5,11H,4,6-7H2,1-3H3. The Kier molecular flexibility index (Phi) is 4.86. The Labute approximate surface area is 131 Å². The lowest BCUT2D eigenvalue weighted by atomic mass is 10.1. The van der Waals surface area contributed by atoms with Gasteiger partial charge in [-0.05, 0) is 46.8 Å². The fourth-order valence-electron chi connectivity index (χ4n) is 2.26. The van der Waals surface area contributed by atoms with Crippen LogP contribution in [0.2, 0.25) is 0 Å². The van der Waals surface area contributed by atoms with E-state index in [2.05, 4.69) is 20.9 Å². The zero-order valence-corrected chi connectivity index (χ0v) is 14.2. The molecule has 0 aliphatic carbocycles. The van der Waals surface area contributed by atoms with Gasteiger partial charge in [-0.2, -0.15) is 0 Å². The maximum atomic E-state index is 12.2. The van der Waals surface area contributed by atoms with Crippen LogP contribution in [0.3, 0.4) is 0 Å². The van der Waals surface area contributed by atoms with Crippen LogP contribution in [-0.2, 0) is 9.59 Å². The van der Waals surface area contributed by atoms with E-state index in [1.54, 1.807) is 18.0 Å². The van der Waals surface area contributed by atoms with Gasteiger partial charge in [0, 0.05) is 36.3 Å². The quantitative estimate of drug-likeness (QED) is 0.834. The average molecular weight is 357 g/mol. The van der Waals surface area contributed by atoms with Crippen molar-refractivity contribution in [1.82, 2.24) is 4.98 Å². The molecule has 0 aromatic carbocycles. The molecule has 1 fully saturated rings. The number of anilines is 1. The summed E-state index contributed by atoms with van der Waals surface area (Å²) in [6.07, 6.45) is 2.24. The van der Waals surface area contributed by atoms with Gasteiger partial charge in [0.15, 0.2) is 5.12 Å². The summed E-state index contributed by atoms with van der Waals surface area (Å²) in [4.78, 5) is 29.3. The third kappa shape index (κ3) is 3.23. The summed E-state index contributed by atoms with van der Waals surface area (Å²) in [6.45, 7) is 6.19. The van der Waals surface area contributed by atoms with E-state index in [-0.39, 0.29) is 16.9 Å². The summed E-state index contributed by atoms with van der Waals surface area (Å²) in [5.74, 6) is 1.76. The largest absolute Gasteiger partial charge is 0.296 e. The smallest absolute Gasteiger partial charge is 0.228 e. The van der Waals surface area contributed by atoms with Gasteiger partial charge in [0.1, 0.15) is 5.82 Å². The molecule has 1 unspecified atom stereocenters. The minimum absolute atomic E-state index is 0.0940. The highest BCUT2D eigenvalue weighted by atomic mass is 79.9.